The lowest BCUT2D eigenvalue weighted by Gasteiger charge is -2.35. The number of ether oxygens (including phenoxy) is 1. The molecule has 3 amide bonds. The second-order valence-corrected chi connectivity index (χ2v) is 11.9. The molecule has 41 heavy (non-hydrogen) atoms. The molecule has 0 radical (unpaired) electrons. The Morgan fingerprint density at radius 1 is 0.902 bits per heavy atom. The molecule has 0 aliphatic rings. The summed E-state index contributed by atoms with van der Waals surface area (Å²) in [6, 6.07) is 13.8. The molecule has 2 aromatic carbocycles. The SMILES string of the molecule is CCCCCCN(C(=O)C(Cc1ccccc1)NC(=O)OC(C)(C)C)C(C(=O)NCCCC)c1ccc(C)cc1C. The highest BCUT2D eigenvalue weighted by Gasteiger charge is 2.36. The van der Waals surface area contributed by atoms with Crippen molar-refractivity contribution < 1.29 is 19.1 Å². The van der Waals surface area contributed by atoms with Crippen LogP contribution in [0.25, 0.3) is 0 Å². The molecule has 7 nitrogen and oxygen atoms in total. The fraction of sp³-hybridized carbons (Fsp3) is 0.559. The van der Waals surface area contributed by atoms with Crippen LogP contribution in [0.2, 0.25) is 0 Å². The van der Waals surface area contributed by atoms with Crippen LogP contribution in [0, 0.1) is 13.8 Å². The number of hydrogen-bond donors (Lipinski definition) is 2. The first kappa shape index (κ1) is 33.9. The van der Waals surface area contributed by atoms with Gasteiger partial charge in [0.25, 0.3) is 0 Å². The number of nitrogens with one attached hydrogen (secondary N) is 2. The summed E-state index contributed by atoms with van der Waals surface area (Å²) >= 11 is 0. The van der Waals surface area contributed by atoms with Gasteiger partial charge in [0.1, 0.15) is 17.7 Å². The van der Waals surface area contributed by atoms with Crippen molar-refractivity contribution in [3.63, 3.8) is 0 Å². The van der Waals surface area contributed by atoms with Crippen LogP contribution in [0.5, 0.6) is 0 Å². The number of aryl methyl sites for hydroxylation is 2. The average Bonchev–Trinajstić information content (AvgIpc) is 2.90. The zero-order chi connectivity index (χ0) is 30.4. The highest BCUT2D eigenvalue weighted by atomic mass is 16.6. The summed E-state index contributed by atoms with van der Waals surface area (Å²) in [6.45, 7) is 14.5. The van der Waals surface area contributed by atoms with E-state index in [9.17, 15) is 14.4 Å². The highest BCUT2D eigenvalue weighted by molar-refractivity contribution is 5.92. The molecule has 0 fully saturated rings. The van der Waals surface area contributed by atoms with Crippen LogP contribution in [0.3, 0.4) is 0 Å². The Labute approximate surface area is 247 Å². The van der Waals surface area contributed by atoms with Crippen LogP contribution in [0.15, 0.2) is 48.5 Å². The molecule has 0 aromatic heterocycles. The summed E-state index contributed by atoms with van der Waals surface area (Å²) in [5.74, 6) is -0.503. The third-order valence-electron chi connectivity index (χ3n) is 6.92. The van der Waals surface area contributed by atoms with Gasteiger partial charge in [-0.05, 0) is 64.2 Å². The summed E-state index contributed by atoms with van der Waals surface area (Å²) < 4.78 is 5.54. The molecule has 226 valence electrons. The Morgan fingerprint density at radius 3 is 2.20 bits per heavy atom. The smallest absolute Gasteiger partial charge is 0.408 e. The number of rotatable bonds is 15. The van der Waals surface area contributed by atoms with Gasteiger partial charge in [-0.3, -0.25) is 9.59 Å². The first-order valence-corrected chi connectivity index (χ1v) is 15.2. The monoisotopic (exact) mass is 565 g/mol. The lowest BCUT2D eigenvalue weighted by molar-refractivity contribution is -0.142. The van der Waals surface area contributed by atoms with Gasteiger partial charge in [0, 0.05) is 19.5 Å². The standard InChI is InChI=1S/C34H51N3O4/c1-8-10-12-16-22-37(30(31(38)35-21-11-9-2)28-20-19-25(3)23-26(28)4)32(39)29(24-27-17-14-13-15-18-27)36-33(40)41-34(5,6)7/h13-15,17-20,23,29-30H,8-12,16,21-22,24H2,1-7H3,(H,35,38)(H,36,40). The molecule has 0 aliphatic heterocycles. The minimum absolute atomic E-state index is 0.204. The summed E-state index contributed by atoms with van der Waals surface area (Å²) in [4.78, 5) is 43.0. The normalized spacial score (nSPS) is 12.8. The van der Waals surface area contributed by atoms with Crippen LogP contribution < -0.4 is 10.6 Å². The molecule has 0 aliphatic carbocycles. The number of hydrogen-bond acceptors (Lipinski definition) is 4. The van der Waals surface area contributed by atoms with E-state index in [0.717, 1.165) is 60.8 Å². The lowest BCUT2D eigenvalue weighted by Crippen LogP contribution is -2.54. The summed E-state index contributed by atoms with van der Waals surface area (Å²) in [5.41, 5.74) is 3.02. The van der Waals surface area contributed by atoms with E-state index < -0.39 is 23.8 Å². The van der Waals surface area contributed by atoms with E-state index in [-0.39, 0.29) is 18.2 Å². The van der Waals surface area contributed by atoms with Crippen LogP contribution in [-0.4, -0.2) is 47.5 Å². The minimum atomic E-state index is -0.907. The van der Waals surface area contributed by atoms with Crippen LogP contribution in [-0.2, 0) is 20.7 Å². The van der Waals surface area contributed by atoms with E-state index in [1.165, 1.54) is 0 Å². The maximum atomic E-state index is 14.5. The van der Waals surface area contributed by atoms with Crippen LogP contribution >= 0.6 is 0 Å². The van der Waals surface area contributed by atoms with Gasteiger partial charge in [-0.25, -0.2) is 4.79 Å². The molecule has 2 unspecified atom stereocenters. The third kappa shape index (κ3) is 11.6. The van der Waals surface area contributed by atoms with Crippen molar-refractivity contribution >= 4 is 17.9 Å². The Hall–Kier alpha value is -3.35. The van der Waals surface area contributed by atoms with Gasteiger partial charge in [0.05, 0.1) is 0 Å². The molecule has 2 atom stereocenters. The molecule has 7 heteroatoms. The molecular weight excluding hydrogens is 514 g/mol. The highest BCUT2D eigenvalue weighted by Crippen LogP contribution is 2.27. The van der Waals surface area contributed by atoms with Gasteiger partial charge in [-0.15, -0.1) is 0 Å². The van der Waals surface area contributed by atoms with Gasteiger partial charge in [0.15, 0.2) is 0 Å². The summed E-state index contributed by atoms with van der Waals surface area (Å²) in [5, 5.41) is 5.92. The molecule has 0 saturated heterocycles. The fourth-order valence-corrected chi connectivity index (χ4v) is 4.84. The van der Waals surface area contributed by atoms with E-state index in [1.54, 1.807) is 25.7 Å². The van der Waals surface area contributed by atoms with Gasteiger partial charge in [0.2, 0.25) is 11.8 Å². The second-order valence-electron chi connectivity index (χ2n) is 11.9. The minimum Gasteiger partial charge on any atom is -0.444 e. The summed E-state index contributed by atoms with van der Waals surface area (Å²) in [6.07, 6.45) is 5.23. The number of carbonyl (C=O) groups excluding carboxylic acids is 3. The van der Waals surface area contributed by atoms with Crippen molar-refractivity contribution in [2.24, 2.45) is 0 Å². The average molecular weight is 566 g/mol. The molecule has 2 aromatic rings. The van der Waals surface area contributed by atoms with Gasteiger partial charge < -0.3 is 20.3 Å². The maximum Gasteiger partial charge on any atom is 0.408 e. The molecular formula is C34H51N3O4. The zero-order valence-corrected chi connectivity index (χ0v) is 26.2. The first-order valence-electron chi connectivity index (χ1n) is 15.2. The predicted molar refractivity (Wildman–Crippen MR) is 166 cm³/mol. The van der Waals surface area contributed by atoms with Crippen LogP contribution in [0.4, 0.5) is 4.79 Å². The van der Waals surface area contributed by atoms with Crippen molar-refractivity contribution in [2.75, 3.05) is 13.1 Å². The first-order chi connectivity index (χ1) is 19.5. The van der Waals surface area contributed by atoms with E-state index in [4.69, 9.17) is 4.74 Å². The second kappa shape index (κ2) is 16.8. The summed E-state index contributed by atoms with van der Waals surface area (Å²) in [7, 11) is 0. The third-order valence-corrected chi connectivity index (χ3v) is 6.92. The number of carbonyl (C=O) groups is 3. The van der Waals surface area contributed by atoms with Crippen LogP contribution in [0.1, 0.15) is 101 Å². The van der Waals surface area contributed by atoms with E-state index in [0.29, 0.717) is 13.1 Å². The Balaban J connectivity index is 2.56. The number of unbranched alkanes of at least 4 members (excludes halogenated alkanes) is 4. The molecule has 0 saturated carbocycles. The van der Waals surface area contributed by atoms with Crippen molar-refractivity contribution in [2.45, 2.75) is 111 Å². The fourth-order valence-electron chi connectivity index (χ4n) is 4.84. The Bertz CT molecular complexity index is 1110. The number of alkyl carbamates (subject to hydrolysis) is 1. The van der Waals surface area contributed by atoms with Crippen molar-refractivity contribution in [1.29, 1.82) is 0 Å². The Morgan fingerprint density at radius 2 is 1.59 bits per heavy atom. The molecule has 2 N–H and O–H groups in total. The van der Waals surface area contributed by atoms with Gasteiger partial charge >= 0.3 is 6.09 Å². The molecule has 0 heterocycles. The van der Waals surface area contributed by atoms with E-state index in [1.807, 2.05) is 62.4 Å². The maximum absolute atomic E-state index is 14.5. The van der Waals surface area contributed by atoms with Crippen molar-refractivity contribution in [3.05, 3.63) is 70.8 Å². The lowest BCUT2D eigenvalue weighted by atomic mass is 9.95. The van der Waals surface area contributed by atoms with Gasteiger partial charge in [-0.2, -0.15) is 0 Å². The van der Waals surface area contributed by atoms with Gasteiger partial charge in [-0.1, -0.05) is 93.6 Å². The van der Waals surface area contributed by atoms with Crippen molar-refractivity contribution in [3.8, 4) is 0 Å². The molecule has 0 spiro atoms. The van der Waals surface area contributed by atoms with E-state index in [2.05, 4.69) is 24.5 Å². The molecule has 2 rings (SSSR count). The zero-order valence-electron chi connectivity index (χ0n) is 26.2. The number of benzene rings is 2. The number of amides is 3. The quantitative estimate of drug-likeness (QED) is 0.232. The van der Waals surface area contributed by atoms with Crippen molar-refractivity contribution in [1.82, 2.24) is 15.5 Å². The predicted octanol–water partition coefficient (Wildman–Crippen LogP) is 6.81. The van der Waals surface area contributed by atoms with E-state index >= 15 is 0 Å². The molecule has 0 bridgehead atoms. The largest absolute Gasteiger partial charge is 0.444 e. The Kier molecular flexibility index (Phi) is 13.9. The topological polar surface area (TPSA) is 87.7 Å². The number of nitrogens with zero attached hydrogens (tertiary/aromatic N) is 1.